The summed E-state index contributed by atoms with van der Waals surface area (Å²) < 4.78 is 141. The van der Waals surface area contributed by atoms with Crippen molar-refractivity contribution in [3.63, 3.8) is 0 Å². The smallest absolute Gasteiger partial charge is 0.382 e. The van der Waals surface area contributed by atoms with Gasteiger partial charge in [-0.25, -0.2) is 0 Å². The number of alkyl halides is 11. The van der Waals surface area contributed by atoms with Crippen LogP contribution < -0.4 is 0 Å². The second-order valence-electron chi connectivity index (χ2n) is 4.80. The average molecular weight is 455 g/mol. The van der Waals surface area contributed by atoms with Crippen molar-refractivity contribution in [2.24, 2.45) is 0 Å². The lowest BCUT2D eigenvalue weighted by Crippen LogP contribution is -2.67. The van der Waals surface area contributed by atoms with Crippen LogP contribution in [-0.4, -0.2) is 35.0 Å². The van der Waals surface area contributed by atoms with Gasteiger partial charge in [0.15, 0.2) is 0 Å². The van der Waals surface area contributed by atoms with Gasteiger partial charge in [0.2, 0.25) is 0 Å². The fraction of sp³-hybridized carbons (Fsp3) is 0.500. The molecule has 25 heavy (non-hydrogen) atoms. The summed E-state index contributed by atoms with van der Waals surface area (Å²) >= 11 is 2.68. The molecule has 0 saturated heterocycles. The molecule has 0 bridgehead atoms. The lowest BCUT2D eigenvalue weighted by Gasteiger charge is -2.38. The maximum absolute atomic E-state index is 13.6. The van der Waals surface area contributed by atoms with Gasteiger partial charge < -0.3 is 5.11 Å². The lowest BCUT2D eigenvalue weighted by atomic mass is 9.91. The molecule has 1 atom stereocenters. The Morgan fingerprint density at radius 1 is 0.760 bits per heavy atom. The van der Waals surface area contributed by atoms with Crippen LogP contribution in [0, 0.1) is 0 Å². The molecule has 0 aliphatic carbocycles. The van der Waals surface area contributed by atoms with Crippen molar-refractivity contribution in [3.05, 3.63) is 34.3 Å². The van der Waals surface area contributed by atoms with Gasteiger partial charge in [-0.05, 0) is 17.7 Å². The molecule has 0 aromatic heterocycles. The van der Waals surface area contributed by atoms with Crippen molar-refractivity contribution >= 4 is 15.9 Å². The third-order valence-corrected chi connectivity index (χ3v) is 3.56. The molecule has 0 saturated carbocycles. The van der Waals surface area contributed by atoms with Crippen molar-refractivity contribution < 1.29 is 53.4 Å². The summed E-state index contributed by atoms with van der Waals surface area (Å²) in [6.45, 7) is 0. The number of aliphatic hydroxyl groups excluding tert-OH is 1. The van der Waals surface area contributed by atoms with Crippen LogP contribution >= 0.6 is 15.9 Å². The number of hydrogen-bond donors (Lipinski definition) is 1. The van der Waals surface area contributed by atoms with E-state index in [4.69, 9.17) is 0 Å². The summed E-state index contributed by atoms with van der Waals surface area (Å²) in [5, 5.41) is 9.23. The van der Waals surface area contributed by atoms with E-state index in [1.807, 2.05) is 0 Å². The van der Waals surface area contributed by atoms with Crippen LogP contribution in [0.4, 0.5) is 48.3 Å². The van der Waals surface area contributed by atoms with Crippen LogP contribution in [0.25, 0.3) is 0 Å². The van der Waals surface area contributed by atoms with E-state index in [9.17, 15) is 53.4 Å². The lowest BCUT2D eigenvalue weighted by molar-refractivity contribution is -0.429. The fourth-order valence-corrected chi connectivity index (χ4v) is 2.06. The number of benzene rings is 1. The molecule has 0 spiro atoms. The zero-order chi connectivity index (χ0) is 20.1. The molecule has 144 valence electrons. The summed E-state index contributed by atoms with van der Waals surface area (Å²) in [7, 11) is 0. The summed E-state index contributed by atoms with van der Waals surface area (Å²) in [5.41, 5.74) is -1.12. The molecule has 1 aromatic carbocycles. The molecule has 13 heteroatoms. The molecule has 0 radical (unpaired) electrons. The number of rotatable bonds is 5. The summed E-state index contributed by atoms with van der Waals surface area (Å²) in [4.78, 5) is 0. The zero-order valence-electron chi connectivity index (χ0n) is 11.4. The Labute approximate surface area is 140 Å². The first kappa shape index (κ1) is 21.9. The Kier molecular flexibility index (Phi) is 5.48. The second kappa shape index (κ2) is 6.25. The van der Waals surface area contributed by atoms with Crippen LogP contribution in [0.3, 0.4) is 0 Å². The summed E-state index contributed by atoms with van der Waals surface area (Å²) in [5.74, 6) is -28.6. The summed E-state index contributed by atoms with van der Waals surface area (Å²) in [6, 6.07) is 3.17. The van der Waals surface area contributed by atoms with E-state index in [2.05, 4.69) is 15.9 Å². The van der Waals surface area contributed by atoms with E-state index in [1.54, 1.807) is 0 Å². The highest BCUT2D eigenvalue weighted by Crippen LogP contribution is 2.59. The first-order valence-corrected chi connectivity index (χ1v) is 6.72. The molecular formula is C12H6BrF11O. The van der Waals surface area contributed by atoms with Gasteiger partial charge in [-0.15, -0.1) is 0 Å². The SMILES string of the molecule is OC(c1cccc(Br)c1)C(F)(F)C(F)(F)C(F)(F)C(F)(F)C(F)(F)F. The minimum Gasteiger partial charge on any atom is -0.382 e. The third kappa shape index (κ3) is 3.32. The van der Waals surface area contributed by atoms with E-state index in [1.165, 1.54) is 0 Å². The Balaban J connectivity index is 3.43. The van der Waals surface area contributed by atoms with Crippen molar-refractivity contribution in [2.45, 2.75) is 36.0 Å². The highest BCUT2D eigenvalue weighted by molar-refractivity contribution is 9.10. The maximum atomic E-state index is 13.6. The molecule has 1 unspecified atom stereocenters. The first-order valence-electron chi connectivity index (χ1n) is 5.92. The minimum atomic E-state index is -7.55. The first-order chi connectivity index (χ1) is 10.9. The van der Waals surface area contributed by atoms with E-state index in [0.29, 0.717) is 12.1 Å². The zero-order valence-corrected chi connectivity index (χ0v) is 13.0. The number of aliphatic hydroxyl groups is 1. The molecule has 1 aromatic rings. The van der Waals surface area contributed by atoms with E-state index in [0.717, 1.165) is 12.1 Å². The Morgan fingerprint density at radius 3 is 1.64 bits per heavy atom. The standard InChI is InChI=1S/C12H6BrF11O/c13-6-3-1-2-5(4-6)7(25)8(14,15)9(16,17)10(18,19)11(20,21)12(22,23)24/h1-4,7,25H. The molecule has 0 heterocycles. The van der Waals surface area contributed by atoms with Gasteiger partial charge in [0.25, 0.3) is 0 Å². The van der Waals surface area contributed by atoms with E-state index in [-0.39, 0.29) is 4.47 Å². The maximum Gasteiger partial charge on any atom is 0.460 e. The van der Waals surface area contributed by atoms with Crippen molar-refractivity contribution in [1.82, 2.24) is 0 Å². The quantitative estimate of drug-likeness (QED) is 0.575. The molecule has 0 aliphatic heterocycles. The molecule has 1 nitrogen and oxygen atoms in total. The van der Waals surface area contributed by atoms with E-state index >= 15 is 0 Å². The van der Waals surface area contributed by atoms with Gasteiger partial charge in [-0.2, -0.15) is 48.3 Å². The van der Waals surface area contributed by atoms with Gasteiger partial charge in [0.05, 0.1) is 0 Å². The van der Waals surface area contributed by atoms with Gasteiger partial charge in [-0.1, -0.05) is 28.1 Å². The van der Waals surface area contributed by atoms with Crippen molar-refractivity contribution in [1.29, 1.82) is 0 Å². The monoisotopic (exact) mass is 454 g/mol. The molecule has 0 amide bonds. The third-order valence-electron chi connectivity index (χ3n) is 3.07. The average Bonchev–Trinajstić information content (AvgIpc) is 2.44. The van der Waals surface area contributed by atoms with Crippen LogP contribution in [0.2, 0.25) is 0 Å². The molecule has 0 aliphatic rings. The highest BCUT2D eigenvalue weighted by atomic mass is 79.9. The van der Waals surface area contributed by atoms with Gasteiger partial charge in [0.1, 0.15) is 6.10 Å². The van der Waals surface area contributed by atoms with Crippen molar-refractivity contribution in [3.8, 4) is 0 Å². The number of hydrogen-bond acceptors (Lipinski definition) is 1. The Morgan fingerprint density at radius 2 is 1.24 bits per heavy atom. The normalized spacial score (nSPS) is 16.0. The molecule has 1 N–H and O–H groups in total. The van der Waals surface area contributed by atoms with Crippen LogP contribution in [0.15, 0.2) is 28.7 Å². The predicted molar refractivity (Wildman–Crippen MR) is 64.9 cm³/mol. The van der Waals surface area contributed by atoms with Gasteiger partial charge in [-0.3, -0.25) is 0 Å². The van der Waals surface area contributed by atoms with Gasteiger partial charge in [0, 0.05) is 4.47 Å². The molecule has 1 rings (SSSR count). The largest absolute Gasteiger partial charge is 0.460 e. The second-order valence-corrected chi connectivity index (χ2v) is 5.72. The van der Waals surface area contributed by atoms with Crippen LogP contribution in [0.1, 0.15) is 11.7 Å². The summed E-state index contributed by atoms with van der Waals surface area (Å²) in [6.07, 6.45) is -11.0. The van der Waals surface area contributed by atoms with Crippen molar-refractivity contribution in [2.75, 3.05) is 0 Å². The minimum absolute atomic E-state index is 0.0875. The molecular weight excluding hydrogens is 449 g/mol. The van der Waals surface area contributed by atoms with Crippen LogP contribution in [0.5, 0.6) is 0 Å². The topological polar surface area (TPSA) is 20.2 Å². The Bertz CT molecular complexity index is 626. The number of halogens is 12. The fourth-order valence-electron chi connectivity index (χ4n) is 1.64. The highest BCUT2D eigenvalue weighted by Gasteiger charge is 2.88. The van der Waals surface area contributed by atoms with E-state index < -0.39 is 41.5 Å². The Hall–Kier alpha value is -1.11. The predicted octanol–water partition coefficient (Wildman–Crippen LogP) is 5.59. The molecule has 0 fully saturated rings. The van der Waals surface area contributed by atoms with Gasteiger partial charge >= 0.3 is 29.9 Å². The van der Waals surface area contributed by atoms with Crippen LogP contribution in [-0.2, 0) is 0 Å².